The Hall–Kier alpha value is -2.68. The van der Waals surface area contributed by atoms with Crippen molar-refractivity contribution in [1.82, 2.24) is 10.2 Å². The van der Waals surface area contributed by atoms with Gasteiger partial charge >= 0.3 is 0 Å². The Balaban J connectivity index is 1.51. The van der Waals surface area contributed by atoms with Crippen LogP contribution in [0.15, 0.2) is 42.5 Å². The summed E-state index contributed by atoms with van der Waals surface area (Å²) in [7, 11) is 2.10. The highest BCUT2D eigenvalue weighted by atomic mass is 35.5. The van der Waals surface area contributed by atoms with Crippen LogP contribution in [0.5, 0.6) is 5.75 Å². The number of hydrogen-bond donors (Lipinski definition) is 1. The summed E-state index contributed by atoms with van der Waals surface area (Å²) in [6.45, 7) is 3.20. The first-order valence-corrected chi connectivity index (χ1v) is 10.5. The van der Waals surface area contributed by atoms with Gasteiger partial charge in [0.1, 0.15) is 17.9 Å². The van der Waals surface area contributed by atoms with Gasteiger partial charge in [-0.25, -0.2) is 0 Å². The molecule has 2 aromatic carbocycles. The number of benzene rings is 2. The zero-order valence-corrected chi connectivity index (χ0v) is 18.1. The average molecular weight is 448 g/mol. The van der Waals surface area contributed by atoms with Gasteiger partial charge in [-0.3, -0.25) is 19.8 Å². The number of carbonyl (C=O) groups excluding carboxylic acids is 1. The fourth-order valence-corrected chi connectivity index (χ4v) is 3.65. The van der Waals surface area contributed by atoms with Crippen LogP contribution in [0.2, 0.25) is 5.02 Å². The summed E-state index contributed by atoms with van der Waals surface area (Å²) in [5, 5.41) is 14.1. The van der Waals surface area contributed by atoms with Gasteiger partial charge in [0.05, 0.1) is 4.92 Å². The van der Waals surface area contributed by atoms with E-state index >= 15 is 0 Å². The van der Waals surface area contributed by atoms with Crippen molar-refractivity contribution in [2.75, 3.05) is 33.4 Å². The van der Waals surface area contributed by atoms with Crippen molar-refractivity contribution in [1.29, 1.82) is 0 Å². The van der Waals surface area contributed by atoms with E-state index in [4.69, 9.17) is 21.1 Å². The Labute approximate surface area is 186 Å². The first kappa shape index (κ1) is 23.0. The number of carbonyl (C=O) groups is 1. The van der Waals surface area contributed by atoms with Crippen LogP contribution >= 0.6 is 11.6 Å². The molecular formula is C22H26ClN3O5. The van der Waals surface area contributed by atoms with Crippen molar-refractivity contribution < 1.29 is 19.2 Å². The molecular weight excluding hydrogens is 422 g/mol. The van der Waals surface area contributed by atoms with Gasteiger partial charge in [-0.05, 0) is 49.7 Å². The number of amides is 1. The van der Waals surface area contributed by atoms with Crippen molar-refractivity contribution >= 4 is 23.2 Å². The quantitative estimate of drug-likeness (QED) is 0.465. The first-order valence-electron chi connectivity index (χ1n) is 10.2. The molecule has 166 valence electrons. The van der Waals surface area contributed by atoms with Crippen molar-refractivity contribution in [2.45, 2.75) is 25.4 Å². The lowest BCUT2D eigenvalue weighted by atomic mass is 10.1. The Kier molecular flexibility index (Phi) is 8.22. The third-order valence-corrected chi connectivity index (χ3v) is 5.51. The summed E-state index contributed by atoms with van der Waals surface area (Å²) in [6, 6.07) is 11.9. The standard InChI is InChI=1S/C22H26ClN3O5/c1-25(18-7-10-30-11-8-18)9-12-31-19-4-2-3-16(13-19)15-24-22(27)20-6-5-17(23)14-21(20)26(28)29/h2-6,13-14,18H,7-12,15H2,1H3,(H,24,27). The van der Waals surface area contributed by atoms with E-state index in [1.165, 1.54) is 18.2 Å². The van der Waals surface area contributed by atoms with Crippen LogP contribution in [0.4, 0.5) is 5.69 Å². The molecule has 0 atom stereocenters. The van der Waals surface area contributed by atoms with E-state index in [-0.39, 0.29) is 22.8 Å². The van der Waals surface area contributed by atoms with Crippen LogP contribution in [0, 0.1) is 10.1 Å². The largest absolute Gasteiger partial charge is 0.492 e. The number of likely N-dealkylation sites (N-methyl/N-ethyl adjacent to an activating group) is 1. The Morgan fingerprint density at radius 2 is 2.06 bits per heavy atom. The lowest BCUT2D eigenvalue weighted by molar-refractivity contribution is -0.385. The highest BCUT2D eigenvalue weighted by molar-refractivity contribution is 6.31. The van der Waals surface area contributed by atoms with Gasteiger partial charge in [-0.1, -0.05) is 23.7 Å². The Bertz CT molecular complexity index is 918. The number of nitrogens with one attached hydrogen (secondary N) is 1. The van der Waals surface area contributed by atoms with E-state index in [0.717, 1.165) is 38.2 Å². The molecule has 1 heterocycles. The van der Waals surface area contributed by atoms with Gasteiger partial charge in [-0.15, -0.1) is 0 Å². The predicted octanol–water partition coefficient (Wildman–Crippen LogP) is 3.67. The van der Waals surface area contributed by atoms with E-state index in [1.54, 1.807) is 0 Å². The van der Waals surface area contributed by atoms with Gasteiger partial charge in [0.15, 0.2) is 0 Å². The molecule has 1 fully saturated rings. The van der Waals surface area contributed by atoms with E-state index in [1.807, 2.05) is 24.3 Å². The summed E-state index contributed by atoms with van der Waals surface area (Å²) >= 11 is 5.80. The summed E-state index contributed by atoms with van der Waals surface area (Å²) in [5.41, 5.74) is 0.480. The van der Waals surface area contributed by atoms with Crippen LogP contribution in [-0.2, 0) is 11.3 Å². The first-order chi connectivity index (χ1) is 14.9. The molecule has 1 aliphatic rings. The zero-order chi connectivity index (χ0) is 22.2. The maximum atomic E-state index is 12.4. The number of rotatable bonds is 9. The number of hydrogen-bond acceptors (Lipinski definition) is 6. The zero-order valence-electron chi connectivity index (χ0n) is 17.4. The molecule has 1 aliphatic heterocycles. The smallest absolute Gasteiger partial charge is 0.283 e. The molecule has 2 aromatic rings. The summed E-state index contributed by atoms with van der Waals surface area (Å²) in [5.74, 6) is 0.178. The molecule has 31 heavy (non-hydrogen) atoms. The normalized spacial score (nSPS) is 14.4. The molecule has 0 saturated carbocycles. The second kappa shape index (κ2) is 11.1. The lowest BCUT2D eigenvalue weighted by Crippen LogP contribution is -2.38. The minimum Gasteiger partial charge on any atom is -0.492 e. The van der Waals surface area contributed by atoms with Crippen LogP contribution in [0.25, 0.3) is 0 Å². The summed E-state index contributed by atoms with van der Waals surface area (Å²) in [4.78, 5) is 25.3. The summed E-state index contributed by atoms with van der Waals surface area (Å²) < 4.78 is 11.3. The number of nitrogens with zero attached hydrogens (tertiary/aromatic N) is 2. The topological polar surface area (TPSA) is 93.9 Å². The molecule has 0 aromatic heterocycles. The lowest BCUT2D eigenvalue weighted by Gasteiger charge is -2.31. The predicted molar refractivity (Wildman–Crippen MR) is 118 cm³/mol. The molecule has 9 heteroatoms. The highest BCUT2D eigenvalue weighted by Gasteiger charge is 2.20. The molecule has 0 bridgehead atoms. The minimum absolute atomic E-state index is 0.0297. The number of halogens is 1. The van der Waals surface area contributed by atoms with Crippen LogP contribution in [0.3, 0.4) is 0 Å². The monoisotopic (exact) mass is 447 g/mol. The Morgan fingerprint density at radius 1 is 1.29 bits per heavy atom. The Morgan fingerprint density at radius 3 is 2.81 bits per heavy atom. The van der Waals surface area contributed by atoms with Crippen LogP contribution < -0.4 is 10.1 Å². The SMILES string of the molecule is CN(CCOc1cccc(CNC(=O)c2ccc(Cl)cc2[N+](=O)[O-])c1)C1CCOCC1. The average Bonchev–Trinajstić information content (AvgIpc) is 2.78. The van der Waals surface area contributed by atoms with Gasteiger partial charge in [0.25, 0.3) is 11.6 Å². The molecule has 0 spiro atoms. The van der Waals surface area contributed by atoms with Crippen molar-refractivity contribution in [3.8, 4) is 5.75 Å². The number of nitro groups is 1. The molecule has 0 radical (unpaired) electrons. The minimum atomic E-state index is -0.618. The molecule has 0 unspecified atom stereocenters. The number of ether oxygens (including phenoxy) is 2. The molecule has 1 saturated heterocycles. The van der Waals surface area contributed by atoms with E-state index in [0.29, 0.717) is 18.4 Å². The molecule has 1 amide bonds. The van der Waals surface area contributed by atoms with Crippen LogP contribution in [-0.4, -0.2) is 55.2 Å². The van der Waals surface area contributed by atoms with Crippen molar-refractivity contribution in [3.63, 3.8) is 0 Å². The molecule has 3 rings (SSSR count). The van der Waals surface area contributed by atoms with Gasteiger partial charge in [0.2, 0.25) is 0 Å². The molecule has 8 nitrogen and oxygen atoms in total. The van der Waals surface area contributed by atoms with Crippen LogP contribution in [0.1, 0.15) is 28.8 Å². The maximum Gasteiger partial charge on any atom is 0.283 e. The maximum absolute atomic E-state index is 12.4. The second-order valence-electron chi connectivity index (χ2n) is 7.42. The fourth-order valence-electron chi connectivity index (χ4n) is 3.49. The van der Waals surface area contributed by atoms with Crippen molar-refractivity contribution in [2.24, 2.45) is 0 Å². The van der Waals surface area contributed by atoms with Gasteiger partial charge < -0.3 is 14.8 Å². The fraction of sp³-hybridized carbons (Fsp3) is 0.409. The third-order valence-electron chi connectivity index (χ3n) is 5.28. The van der Waals surface area contributed by atoms with E-state index < -0.39 is 10.8 Å². The third kappa shape index (κ3) is 6.65. The van der Waals surface area contributed by atoms with E-state index in [2.05, 4.69) is 17.3 Å². The molecule has 0 aliphatic carbocycles. The van der Waals surface area contributed by atoms with Gasteiger partial charge in [0, 0.05) is 43.4 Å². The van der Waals surface area contributed by atoms with Crippen molar-refractivity contribution in [3.05, 3.63) is 68.7 Å². The second-order valence-corrected chi connectivity index (χ2v) is 7.86. The number of nitro benzene ring substituents is 1. The summed E-state index contributed by atoms with van der Waals surface area (Å²) in [6.07, 6.45) is 2.08. The molecule has 1 N–H and O–H groups in total. The van der Waals surface area contributed by atoms with E-state index in [9.17, 15) is 14.9 Å². The van der Waals surface area contributed by atoms with Gasteiger partial charge in [-0.2, -0.15) is 0 Å². The highest BCUT2D eigenvalue weighted by Crippen LogP contribution is 2.23.